The van der Waals surface area contributed by atoms with Crippen molar-refractivity contribution in [1.82, 2.24) is 4.57 Å². The van der Waals surface area contributed by atoms with Crippen molar-refractivity contribution in [3.63, 3.8) is 0 Å². The number of primary amides is 1. The van der Waals surface area contributed by atoms with E-state index in [1.165, 1.54) is 5.56 Å². The zero-order valence-electron chi connectivity index (χ0n) is 17.4. The van der Waals surface area contributed by atoms with Gasteiger partial charge < -0.3 is 19.8 Å². The second-order valence-electron chi connectivity index (χ2n) is 7.70. The van der Waals surface area contributed by atoms with Gasteiger partial charge in [-0.1, -0.05) is 30.3 Å². The number of hydrogen-bond donors (Lipinski definition) is 1. The molecule has 1 aromatic heterocycles. The van der Waals surface area contributed by atoms with Crippen molar-refractivity contribution in [1.29, 1.82) is 0 Å². The van der Waals surface area contributed by atoms with Gasteiger partial charge in [0.1, 0.15) is 0 Å². The highest BCUT2D eigenvalue weighted by molar-refractivity contribution is 5.95. The largest absolute Gasteiger partial charge is 0.490 e. The third-order valence-electron chi connectivity index (χ3n) is 5.62. The van der Waals surface area contributed by atoms with Gasteiger partial charge in [0, 0.05) is 29.9 Å². The minimum absolute atomic E-state index is 0.397. The number of carbonyl (C=O) groups excluding carboxylic acids is 1. The van der Waals surface area contributed by atoms with E-state index in [-0.39, 0.29) is 0 Å². The number of nitrogens with zero attached hydrogens (tertiary/aromatic N) is 1. The second kappa shape index (κ2) is 9.08. The van der Waals surface area contributed by atoms with Crippen LogP contribution in [0.25, 0.3) is 11.3 Å². The van der Waals surface area contributed by atoms with Crippen molar-refractivity contribution in [2.45, 2.75) is 39.2 Å². The number of fused-ring (bicyclic) bond motifs is 1. The van der Waals surface area contributed by atoms with Gasteiger partial charge in [0.2, 0.25) is 0 Å². The average Bonchev–Trinajstić information content (AvgIpc) is 2.93. The maximum atomic E-state index is 12.0. The summed E-state index contributed by atoms with van der Waals surface area (Å²) in [5, 5.41) is 0. The molecule has 5 nitrogen and oxygen atoms in total. The Morgan fingerprint density at radius 1 is 1.00 bits per heavy atom. The summed E-state index contributed by atoms with van der Waals surface area (Å²) in [4.78, 5) is 12.0. The van der Waals surface area contributed by atoms with Crippen LogP contribution in [0.2, 0.25) is 0 Å². The van der Waals surface area contributed by atoms with Crippen LogP contribution in [0, 0.1) is 6.92 Å². The van der Waals surface area contributed by atoms with E-state index in [0.717, 1.165) is 60.7 Å². The highest BCUT2D eigenvalue weighted by Gasteiger charge is 2.19. The molecule has 0 radical (unpaired) electrons. The van der Waals surface area contributed by atoms with E-state index >= 15 is 0 Å². The van der Waals surface area contributed by atoms with Crippen molar-refractivity contribution in [3.8, 4) is 22.8 Å². The maximum absolute atomic E-state index is 12.0. The molecule has 1 aliphatic heterocycles. The third kappa shape index (κ3) is 4.35. The molecule has 0 saturated heterocycles. The number of nitrogens with two attached hydrogens (primary N) is 1. The van der Waals surface area contributed by atoms with Gasteiger partial charge in [-0.25, -0.2) is 0 Å². The van der Waals surface area contributed by atoms with Gasteiger partial charge in [-0.3, -0.25) is 4.79 Å². The van der Waals surface area contributed by atoms with Crippen LogP contribution >= 0.6 is 0 Å². The lowest BCUT2D eigenvalue weighted by Crippen LogP contribution is -2.12. The lowest BCUT2D eigenvalue weighted by Gasteiger charge is -2.14. The van der Waals surface area contributed by atoms with E-state index in [9.17, 15) is 4.79 Å². The molecule has 0 unspecified atom stereocenters. The molecule has 0 fully saturated rings. The molecule has 156 valence electrons. The summed E-state index contributed by atoms with van der Waals surface area (Å²) in [6, 6.07) is 18.4. The number of unbranched alkanes of at least 4 members (excludes halogenated alkanes) is 1. The summed E-state index contributed by atoms with van der Waals surface area (Å²) >= 11 is 0. The van der Waals surface area contributed by atoms with E-state index in [1.54, 1.807) is 0 Å². The zero-order valence-corrected chi connectivity index (χ0v) is 17.4. The Morgan fingerprint density at radius 3 is 2.53 bits per heavy atom. The van der Waals surface area contributed by atoms with Crippen LogP contribution in [0.3, 0.4) is 0 Å². The number of amides is 1. The molecule has 0 spiro atoms. The molecule has 2 heterocycles. The van der Waals surface area contributed by atoms with Gasteiger partial charge in [0.25, 0.3) is 5.91 Å². The number of rotatable bonds is 7. The molecule has 1 amide bonds. The summed E-state index contributed by atoms with van der Waals surface area (Å²) in [5.74, 6) is 1.12. The van der Waals surface area contributed by atoms with E-state index in [4.69, 9.17) is 15.2 Å². The van der Waals surface area contributed by atoms with Crippen LogP contribution in [0.4, 0.5) is 0 Å². The predicted octanol–water partition coefficient (Wildman–Crippen LogP) is 4.75. The Morgan fingerprint density at radius 2 is 1.77 bits per heavy atom. The lowest BCUT2D eigenvalue weighted by molar-refractivity contribution is 0.0999. The Kier molecular flexibility index (Phi) is 6.07. The molecule has 30 heavy (non-hydrogen) atoms. The van der Waals surface area contributed by atoms with Crippen molar-refractivity contribution in [2.24, 2.45) is 5.73 Å². The normalized spacial score (nSPS) is 13.1. The summed E-state index contributed by atoms with van der Waals surface area (Å²) in [6.07, 6.45) is 4.00. The number of hydrogen-bond acceptors (Lipinski definition) is 3. The Labute approximate surface area is 177 Å². The van der Waals surface area contributed by atoms with Gasteiger partial charge in [-0.2, -0.15) is 0 Å². The lowest BCUT2D eigenvalue weighted by atomic mass is 10.1. The summed E-state index contributed by atoms with van der Waals surface area (Å²) in [7, 11) is 0. The smallest absolute Gasteiger partial charge is 0.250 e. The molecule has 5 heteroatoms. The second-order valence-corrected chi connectivity index (χ2v) is 7.70. The van der Waals surface area contributed by atoms with E-state index < -0.39 is 5.91 Å². The molecular formula is C25H28N2O3. The molecule has 2 N–H and O–H groups in total. The van der Waals surface area contributed by atoms with Gasteiger partial charge >= 0.3 is 0 Å². The number of ether oxygens (including phenoxy) is 2. The minimum Gasteiger partial charge on any atom is -0.490 e. The predicted molar refractivity (Wildman–Crippen MR) is 118 cm³/mol. The first-order chi connectivity index (χ1) is 14.6. The fraction of sp³-hybridized carbons (Fsp3) is 0.320. The first-order valence-corrected chi connectivity index (χ1v) is 10.6. The quantitative estimate of drug-likeness (QED) is 0.578. The molecule has 0 atom stereocenters. The van der Waals surface area contributed by atoms with Crippen LogP contribution in [0.1, 0.15) is 40.9 Å². The van der Waals surface area contributed by atoms with Crippen LogP contribution in [-0.2, 0) is 13.0 Å². The topological polar surface area (TPSA) is 66.5 Å². The monoisotopic (exact) mass is 404 g/mol. The summed E-state index contributed by atoms with van der Waals surface area (Å²) in [6.45, 7) is 4.09. The van der Waals surface area contributed by atoms with Gasteiger partial charge in [-0.15, -0.1) is 0 Å². The van der Waals surface area contributed by atoms with E-state index in [1.807, 2.05) is 37.3 Å². The van der Waals surface area contributed by atoms with Crippen molar-refractivity contribution >= 4 is 5.91 Å². The summed E-state index contributed by atoms with van der Waals surface area (Å²) in [5.41, 5.74) is 10.4. The van der Waals surface area contributed by atoms with Crippen molar-refractivity contribution in [3.05, 3.63) is 71.4 Å². The van der Waals surface area contributed by atoms with Crippen molar-refractivity contribution in [2.75, 3.05) is 13.2 Å². The molecule has 4 rings (SSSR count). The van der Waals surface area contributed by atoms with Crippen LogP contribution in [0.15, 0.2) is 54.6 Å². The summed E-state index contributed by atoms with van der Waals surface area (Å²) < 4.78 is 13.8. The van der Waals surface area contributed by atoms with Gasteiger partial charge in [0.15, 0.2) is 11.5 Å². The van der Waals surface area contributed by atoms with Gasteiger partial charge in [-0.05, 0) is 56.0 Å². The SMILES string of the molecule is Cc1c(C(N)=O)cc(-c2ccc3c(c2)OCCCO3)n1CCCCc1ccccc1. The Balaban J connectivity index is 1.57. The van der Waals surface area contributed by atoms with Crippen LogP contribution in [-0.4, -0.2) is 23.7 Å². The van der Waals surface area contributed by atoms with E-state index in [2.05, 4.69) is 28.8 Å². The van der Waals surface area contributed by atoms with Gasteiger partial charge in [0.05, 0.1) is 18.8 Å². The average molecular weight is 405 g/mol. The van der Waals surface area contributed by atoms with Crippen LogP contribution < -0.4 is 15.2 Å². The van der Waals surface area contributed by atoms with Crippen molar-refractivity contribution < 1.29 is 14.3 Å². The maximum Gasteiger partial charge on any atom is 0.250 e. The molecule has 0 saturated carbocycles. The molecule has 0 bridgehead atoms. The molecule has 2 aromatic carbocycles. The molecule has 1 aliphatic rings. The minimum atomic E-state index is -0.397. The van der Waals surface area contributed by atoms with E-state index in [0.29, 0.717) is 18.8 Å². The highest BCUT2D eigenvalue weighted by Crippen LogP contribution is 2.35. The molecule has 3 aromatic rings. The number of carbonyl (C=O) groups is 1. The Hall–Kier alpha value is -3.21. The number of benzene rings is 2. The first kappa shape index (κ1) is 20.1. The number of aryl methyl sites for hydroxylation is 1. The molecular weight excluding hydrogens is 376 g/mol. The fourth-order valence-corrected chi connectivity index (χ4v) is 3.99. The third-order valence-corrected chi connectivity index (χ3v) is 5.62. The Bertz CT molecular complexity index is 1020. The standard InChI is InChI=1S/C25H28N2O3/c1-18-21(25(26)28)17-22(20-11-12-23-24(16-20)30-15-7-14-29-23)27(18)13-6-5-10-19-8-3-2-4-9-19/h2-4,8-9,11-12,16-17H,5-7,10,13-15H2,1H3,(H2,26,28). The first-order valence-electron chi connectivity index (χ1n) is 10.6. The fourth-order valence-electron chi connectivity index (χ4n) is 3.99. The zero-order chi connectivity index (χ0) is 20.9. The molecule has 0 aliphatic carbocycles. The van der Waals surface area contributed by atoms with Crippen LogP contribution in [0.5, 0.6) is 11.5 Å². The highest BCUT2D eigenvalue weighted by atomic mass is 16.5. The number of aromatic nitrogens is 1.